The number of carbonyl (C=O) groups excluding carboxylic acids is 1. The zero-order chi connectivity index (χ0) is 22.0. The van der Waals surface area contributed by atoms with Gasteiger partial charge in [0.15, 0.2) is 17.5 Å². The van der Waals surface area contributed by atoms with Gasteiger partial charge in [-0.2, -0.15) is 0 Å². The van der Waals surface area contributed by atoms with Crippen molar-refractivity contribution in [1.29, 1.82) is 0 Å². The van der Waals surface area contributed by atoms with Crippen LogP contribution in [0.15, 0.2) is 24.5 Å². The molecule has 0 radical (unpaired) electrons. The van der Waals surface area contributed by atoms with Crippen molar-refractivity contribution in [3.8, 4) is 5.88 Å². The lowest BCUT2D eigenvalue weighted by Gasteiger charge is -2.32. The molecule has 0 unspecified atom stereocenters. The molecule has 3 heterocycles. The first kappa shape index (κ1) is 20.9. The maximum Gasteiger partial charge on any atom is 0.320 e. The van der Waals surface area contributed by atoms with E-state index in [0.29, 0.717) is 0 Å². The Morgan fingerprint density at radius 1 is 1.19 bits per heavy atom. The molecule has 0 spiro atoms. The number of imidazole rings is 1. The molecule has 2 N–H and O–H groups in total. The third-order valence-corrected chi connectivity index (χ3v) is 5.31. The fourth-order valence-electron chi connectivity index (χ4n) is 3.57. The van der Waals surface area contributed by atoms with Gasteiger partial charge in [0.25, 0.3) is 5.88 Å². The minimum absolute atomic E-state index is 0.00331. The highest BCUT2D eigenvalue weighted by atomic mass is 19.2. The second kappa shape index (κ2) is 8.80. The van der Waals surface area contributed by atoms with E-state index in [1.807, 2.05) is 17.8 Å². The number of likely N-dealkylation sites (tertiary alicyclic amines) is 1. The zero-order valence-electron chi connectivity index (χ0n) is 17.2. The van der Waals surface area contributed by atoms with Crippen LogP contribution in [0, 0.1) is 11.6 Å². The number of nitrogens with zero attached hydrogens (tertiary/aromatic N) is 5. The first-order valence-electron chi connectivity index (χ1n) is 9.90. The number of nitrogens with one attached hydrogen (secondary N) is 2. The van der Waals surface area contributed by atoms with Gasteiger partial charge in [-0.1, -0.05) is 0 Å². The van der Waals surface area contributed by atoms with Crippen LogP contribution in [0.1, 0.15) is 18.7 Å². The normalized spacial score (nSPS) is 15.2. The largest absolute Gasteiger partial charge is 0.478 e. The first-order valence-corrected chi connectivity index (χ1v) is 9.90. The molecule has 1 aliphatic rings. The highest BCUT2D eigenvalue weighted by Gasteiger charge is 2.22. The Kier molecular flexibility index (Phi) is 5.94. The minimum atomic E-state index is -1.04. The molecular formula is C20H23F2N7O2. The monoisotopic (exact) mass is 431 g/mol. The number of ether oxygens (including phenoxy) is 1. The number of urea groups is 1. The van der Waals surface area contributed by atoms with E-state index in [4.69, 9.17) is 4.74 Å². The van der Waals surface area contributed by atoms with Crippen molar-refractivity contribution >= 4 is 22.9 Å². The molecule has 1 fully saturated rings. The number of halogens is 2. The van der Waals surface area contributed by atoms with Gasteiger partial charge in [0, 0.05) is 50.7 Å². The molecule has 0 aliphatic carbocycles. The lowest BCUT2D eigenvalue weighted by atomic mass is 10.1. The summed E-state index contributed by atoms with van der Waals surface area (Å²) in [6.07, 6.45) is 5.29. The number of anilines is 1. The molecule has 3 aromatic rings. The van der Waals surface area contributed by atoms with Gasteiger partial charge in [0.05, 0.1) is 24.7 Å². The first-order chi connectivity index (χ1) is 14.9. The van der Waals surface area contributed by atoms with Crippen molar-refractivity contribution in [2.75, 3.05) is 25.5 Å². The van der Waals surface area contributed by atoms with Crippen molar-refractivity contribution in [2.24, 2.45) is 7.05 Å². The molecule has 164 valence electrons. The standard InChI is InChI=1S/C20H23F2N7O2/c1-28-8-5-23-17(28)11-29-6-3-12(4-7-29)24-20(30)27-18-19(31-2)26-16-10-14(22)13(21)9-15(16)25-18/h5,8-10,12H,3-4,6-7,11H2,1-2H3,(H2,24,25,27,30). The van der Waals surface area contributed by atoms with Crippen LogP contribution >= 0.6 is 0 Å². The van der Waals surface area contributed by atoms with Crippen LogP contribution in [-0.4, -0.2) is 56.7 Å². The second-order valence-electron chi connectivity index (χ2n) is 7.44. The molecule has 1 aromatic carbocycles. The average molecular weight is 431 g/mol. The molecule has 0 atom stereocenters. The highest BCUT2D eigenvalue weighted by Crippen LogP contribution is 2.25. The molecule has 31 heavy (non-hydrogen) atoms. The number of piperidine rings is 1. The predicted octanol–water partition coefficient (Wildman–Crippen LogP) is 2.44. The fraction of sp³-hybridized carbons (Fsp3) is 0.400. The van der Waals surface area contributed by atoms with Crippen LogP contribution in [0.3, 0.4) is 0 Å². The number of methoxy groups -OCH3 is 1. The van der Waals surface area contributed by atoms with E-state index in [-0.39, 0.29) is 28.8 Å². The van der Waals surface area contributed by atoms with Gasteiger partial charge in [0.2, 0.25) is 0 Å². The van der Waals surface area contributed by atoms with Gasteiger partial charge in [0.1, 0.15) is 5.82 Å². The molecule has 0 bridgehead atoms. The van der Waals surface area contributed by atoms with E-state index < -0.39 is 17.7 Å². The van der Waals surface area contributed by atoms with Crippen LogP contribution in [0.25, 0.3) is 11.0 Å². The van der Waals surface area contributed by atoms with Gasteiger partial charge in [-0.15, -0.1) is 0 Å². The van der Waals surface area contributed by atoms with Crippen molar-refractivity contribution in [2.45, 2.75) is 25.4 Å². The highest BCUT2D eigenvalue weighted by molar-refractivity contribution is 5.91. The summed E-state index contributed by atoms with van der Waals surface area (Å²) in [7, 11) is 3.33. The topological polar surface area (TPSA) is 97.2 Å². The number of carbonyl (C=O) groups is 1. The molecule has 4 rings (SSSR count). The maximum absolute atomic E-state index is 13.5. The third-order valence-electron chi connectivity index (χ3n) is 5.31. The number of rotatable bonds is 5. The van der Waals surface area contributed by atoms with Crippen molar-refractivity contribution in [3.05, 3.63) is 42.0 Å². The SMILES string of the molecule is COc1nc2cc(F)c(F)cc2nc1NC(=O)NC1CCN(Cc2nccn2C)CC1. The number of fused-ring (bicyclic) bond motifs is 1. The second-order valence-corrected chi connectivity index (χ2v) is 7.44. The van der Waals surface area contributed by atoms with Crippen molar-refractivity contribution in [3.63, 3.8) is 0 Å². The molecule has 2 amide bonds. The molecular weight excluding hydrogens is 408 g/mol. The number of hydrogen-bond donors (Lipinski definition) is 2. The lowest BCUT2D eigenvalue weighted by Crippen LogP contribution is -2.46. The summed E-state index contributed by atoms with van der Waals surface area (Å²) < 4.78 is 34.1. The molecule has 9 nitrogen and oxygen atoms in total. The number of aryl methyl sites for hydroxylation is 1. The number of benzene rings is 1. The van der Waals surface area contributed by atoms with Gasteiger partial charge in [-0.05, 0) is 12.8 Å². The van der Waals surface area contributed by atoms with E-state index >= 15 is 0 Å². The van der Waals surface area contributed by atoms with E-state index in [0.717, 1.165) is 50.4 Å². The Morgan fingerprint density at radius 3 is 2.48 bits per heavy atom. The average Bonchev–Trinajstić information content (AvgIpc) is 3.14. The predicted molar refractivity (Wildman–Crippen MR) is 110 cm³/mol. The van der Waals surface area contributed by atoms with Crippen LogP contribution < -0.4 is 15.4 Å². The number of aromatic nitrogens is 4. The summed E-state index contributed by atoms with van der Waals surface area (Å²) in [4.78, 5) is 27.4. The summed E-state index contributed by atoms with van der Waals surface area (Å²) in [6.45, 7) is 2.44. The van der Waals surface area contributed by atoms with E-state index in [9.17, 15) is 13.6 Å². The minimum Gasteiger partial charge on any atom is -0.478 e. The van der Waals surface area contributed by atoms with Crippen LogP contribution in [-0.2, 0) is 13.6 Å². The molecule has 11 heteroatoms. The Hall–Kier alpha value is -3.34. The van der Waals surface area contributed by atoms with Crippen molar-refractivity contribution in [1.82, 2.24) is 29.7 Å². The summed E-state index contributed by atoms with van der Waals surface area (Å²) in [5.41, 5.74) is 0.236. The summed E-state index contributed by atoms with van der Waals surface area (Å²) in [6, 6.07) is 1.40. The van der Waals surface area contributed by atoms with E-state index in [1.54, 1.807) is 6.20 Å². The Morgan fingerprint density at radius 2 is 1.87 bits per heavy atom. The van der Waals surface area contributed by atoms with E-state index in [1.165, 1.54) is 7.11 Å². The van der Waals surface area contributed by atoms with Crippen LogP contribution in [0.5, 0.6) is 5.88 Å². The Bertz CT molecular complexity index is 1100. The third kappa shape index (κ3) is 4.71. The summed E-state index contributed by atoms with van der Waals surface area (Å²) in [5, 5.41) is 5.52. The van der Waals surface area contributed by atoms with Gasteiger partial charge in [-0.25, -0.2) is 28.5 Å². The summed E-state index contributed by atoms with van der Waals surface area (Å²) in [5.74, 6) is -1.03. The molecule has 1 saturated heterocycles. The molecule has 0 saturated carbocycles. The van der Waals surface area contributed by atoms with Crippen LogP contribution in [0.2, 0.25) is 0 Å². The smallest absolute Gasteiger partial charge is 0.320 e. The van der Waals surface area contributed by atoms with Crippen molar-refractivity contribution < 1.29 is 18.3 Å². The fourth-order valence-corrected chi connectivity index (χ4v) is 3.57. The zero-order valence-corrected chi connectivity index (χ0v) is 17.2. The van der Waals surface area contributed by atoms with E-state index in [2.05, 4.69) is 30.5 Å². The number of hydrogen-bond acceptors (Lipinski definition) is 6. The Labute approximate surface area is 177 Å². The lowest BCUT2D eigenvalue weighted by molar-refractivity contribution is 0.185. The maximum atomic E-state index is 13.5. The molecule has 2 aromatic heterocycles. The van der Waals surface area contributed by atoms with Gasteiger partial charge < -0.3 is 14.6 Å². The van der Waals surface area contributed by atoms with Crippen LogP contribution in [0.4, 0.5) is 19.4 Å². The quantitative estimate of drug-likeness (QED) is 0.644. The Balaban J connectivity index is 1.36. The number of amides is 2. The van der Waals surface area contributed by atoms with Gasteiger partial charge >= 0.3 is 6.03 Å². The molecule has 1 aliphatic heterocycles. The summed E-state index contributed by atoms with van der Waals surface area (Å²) >= 11 is 0. The van der Waals surface area contributed by atoms with Gasteiger partial charge in [-0.3, -0.25) is 10.2 Å².